The van der Waals surface area contributed by atoms with Crippen molar-refractivity contribution >= 4 is 5.91 Å². The third-order valence-electron chi connectivity index (χ3n) is 4.47. The second kappa shape index (κ2) is 7.04. The van der Waals surface area contributed by atoms with Crippen molar-refractivity contribution in [1.82, 2.24) is 25.5 Å². The summed E-state index contributed by atoms with van der Waals surface area (Å²) in [5.41, 5.74) is 2.12. The van der Waals surface area contributed by atoms with E-state index in [2.05, 4.69) is 25.5 Å². The van der Waals surface area contributed by atoms with Crippen molar-refractivity contribution in [2.24, 2.45) is 0 Å². The van der Waals surface area contributed by atoms with E-state index in [9.17, 15) is 4.79 Å². The summed E-state index contributed by atoms with van der Waals surface area (Å²) in [6, 6.07) is -0.148. The molecule has 3 N–H and O–H groups in total. The molecule has 0 aromatic carbocycles. The molecule has 1 unspecified atom stereocenters. The predicted molar refractivity (Wildman–Crippen MR) is 80.8 cm³/mol. The second-order valence-corrected chi connectivity index (χ2v) is 6.01. The Hall–Kier alpha value is -1.40. The number of H-pyrrole nitrogens is 1. The Labute approximate surface area is 125 Å². The summed E-state index contributed by atoms with van der Waals surface area (Å²) in [6.45, 7) is 4.75. The van der Waals surface area contributed by atoms with Crippen LogP contribution in [0.2, 0.25) is 0 Å². The molecule has 1 fully saturated rings. The molecule has 0 saturated carbocycles. The Morgan fingerprint density at radius 2 is 2.14 bits per heavy atom. The Balaban J connectivity index is 1.40. The molecule has 0 spiro atoms. The van der Waals surface area contributed by atoms with E-state index >= 15 is 0 Å². The molecule has 6 nitrogen and oxygen atoms in total. The van der Waals surface area contributed by atoms with Crippen LogP contribution in [0.5, 0.6) is 0 Å². The maximum Gasteiger partial charge on any atom is 0.237 e. The van der Waals surface area contributed by atoms with Gasteiger partial charge in [0.25, 0.3) is 0 Å². The smallest absolute Gasteiger partial charge is 0.237 e. The first kappa shape index (κ1) is 14.5. The van der Waals surface area contributed by atoms with E-state index in [1.54, 1.807) is 6.33 Å². The molecule has 6 heteroatoms. The van der Waals surface area contributed by atoms with Crippen LogP contribution in [0.4, 0.5) is 0 Å². The van der Waals surface area contributed by atoms with Crippen molar-refractivity contribution in [2.45, 2.75) is 44.7 Å². The molecule has 21 heavy (non-hydrogen) atoms. The lowest BCUT2D eigenvalue weighted by Crippen LogP contribution is -2.49. The van der Waals surface area contributed by atoms with Crippen LogP contribution in [0.3, 0.4) is 0 Å². The number of carbonyl (C=O) groups is 1. The van der Waals surface area contributed by atoms with E-state index in [1.165, 1.54) is 38.8 Å². The van der Waals surface area contributed by atoms with E-state index in [-0.39, 0.29) is 11.9 Å². The standard InChI is InChI=1S/C15H25N5O/c21-15(13-9-12-14(10-17-13)19-11-18-12)16-5-8-20-6-3-1-2-4-7-20/h11,13,17H,1-10H2,(H,16,21)(H,18,19). The number of aromatic nitrogens is 2. The van der Waals surface area contributed by atoms with Gasteiger partial charge in [0.05, 0.1) is 23.8 Å². The van der Waals surface area contributed by atoms with Crippen LogP contribution in [0.1, 0.15) is 37.1 Å². The van der Waals surface area contributed by atoms with Crippen LogP contribution in [0, 0.1) is 0 Å². The lowest BCUT2D eigenvalue weighted by atomic mass is 10.0. The highest BCUT2D eigenvalue weighted by Crippen LogP contribution is 2.12. The summed E-state index contributed by atoms with van der Waals surface area (Å²) in [5, 5.41) is 6.32. The van der Waals surface area contributed by atoms with Gasteiger partial charge in [0, 0.05) is 26.1 Å². The number of carbonyl (C=O) groups excluding carboxylic acids is 1. The topological polar surface area (TPSA) is 73.0 Å². The van der Waals surface area contributed by atoms with Gasteiger partial charge in [-0.3, -0.25) is 10.1 Å². The van der Waals surface area contributed by atoms with Gasteiger partial charge in [-0.25, -0.2) is 4.98 Å². The fraction of sp³-hybridized carbons (Fsp3) is 0.733. The van der Waals surface area contributed by atoms with Crippen LogP contribution in [0.25, 0.3) is 0 Å². The summed E-state index contributed by atoms with van der Waals surface area (Å²) >= 11 is 0. The summed E-state index contributed by atoms with van der Waals surface area (Å²) in [4.78, 5) is 22.0. The largest absolute Gasteiger partial charge is 0.353 e. The fourth-order valence-electron chi connectivity index (χ4n) is 3.17. The molecule has 3 heterocycles. The molecule has 1 aromatic heterocycles. The number of nitrogens with one attached hydrogen (secondary N) is 3. The molecule has 1 amide bonds. The van der Waals surface area contributed by atoms with Crippen molar-refractivity contribution in [3.8, 4) is 0 Å². The first-order valence-corrected chi connectivity index (χ1v) is 8.07. The number of hydrogen-bond donors (Lipinski definition) is 3. The molecule has 3 rings (SSSR count). The highest BCUT2D eigenvalue weighted by Gasteiger charge is 2.25. The van der Waals surface area contributed by atoms with E-state index in [4.69, 9.17) is 0 Å². The zero-order valence-corrected chi connectivity index (χ0v) is 12.5. The van der Waals surface area contributed by atoms with Gasteiger partial charge >= 0.3 is 0 Å². The minimum Gasteiger partial charge on any atom is -0.353 e. The van der Waals surface area contributed by atoms with E-state index in [0.717, 1.165) is 24.5 Å². The normalized spacial score (nSPS) is 23.3. The third-order valence-corrected chi connectivity index (χ3v) is 4.47. The van der Waals surface area contributed by atoms with Gasteiger partial charge in [-0.1, -0.05) is 12.8 Å². The molecule has 116 valence electrons. The van der Waals surface area contributed by atoms with E-state index in [0.29, 0.717) is 13.0 Å². The first-order valence-electron chi connectivity index (χ1n) is 8.07. The van der Waals surface area contributed by atoms with Crippen LogP contribution >= 0.6 is 0 Å². The summed E-state index contributed by atoms with van der Waals surface area (Å²) in [7, 11) is 0. The zero-order valence-electron chi connectivity index (χ0n) is 12.5. The average molecular weight is 291 g/mol. The second-order valence-electron chi connectivity index (χ2n) is 6.01. The predicted octanol–water partition coefficient (Wildman–Crippen LogP) is 0.416. The quantitative estimate of drug-likeness (QED) is 0.751. The summed E-state index contributed by atoms with van der Waals surface area (Å²) in [5.74, 6) is 0.0958. The van der Waals surface area contributed by atoms with Gasteiger partial charge in [0.15, 0.2) is 0 Å². The average Bonchev–Trinajstić information content (AvgIpc) is 2.82. The maximum absolute atomic E-state index is 12.2. The lowest BCUT2D eigenvalue weighted by molar-refractivity contribution is -0.123. The number of aromatic amines is 1. The minimum atomic E-state index is -0.148. The fourth-order valence-corrected chi connectivity index (χ4v) is 3.17. The van der Waals surface area contributed by atoms with Crippen molar-refractivity contribution < 1.29 is 4.79 Å². The van der Waals surface area contributed by atoms with E-state index < -0.39 is 0 Å². The number of imidazole rings is 1. The molecular weight excluding hydrogens is 266 g/mol. The minimum absolute atomic E-state index is 0.0958. The van der Waals surface area contributed by atoms with Gasteiger partial charge in [-0.15, -0.1) is 0 Å². The van der Waals surface area contributed by atoms with Gasteiger partial charge in [-0.2, -0.15) is 0 Å². The number of rotatable bonds is 4. The van der Waals surface area contributed by atoms with Gasteiger partial charge < -0.3 is 15.2 Å². The first-order chi connectivity index (χ1) is 10.3. The molecule has 2 aliphatic rings. The van der Waals surface area contributed by atoms with Crippen LogP contribution in [0.15, 0.2) is 6.33 Å². The monoisotopic (exact) mass is 291 g/mol. The van der Waals surface area contributed by atoms with Gasteiger partial charge in [0.2, 0.25) is 5.91 Å². The molecule has 1 atom stereocenters. The Morgan fingerprint density at radius 1 is 1.33 bits per heavy atom. The Bertz CT molecular complexity index is 464. The molecule has 1 saturated heterocycles. The number of fused-ring (bicyclic) bond motifs is 1. The summed E-state index contributed by atoms with van der Waals surface area (Å²) < 4.78 is 0. The number of hydrogen-bond acceptors (Lipinski definition) is 4. The van der Waals surface area contributed by atoms with Gasteiger partial charge in [-0.05, 0) is 25.9 Å². The Kier molecular flexibility index (Phi) is 4.87. The summed E-state index contributed by atoms with van der Waals surface area (Å²) in [6.07, 6.45) is 7.65. The lowest BCUT2D eigenvalue weighted by Gasteiger charge is -2.24. The Morgan fingerprint density at radius 3 is 2.95 bits per heavy atom. The van der Waals surface area contributed by atoms with E-state index in [1.807, 2.05) is 0 Å². The number of amides is 1. The van der Waals surface area contributed by atoms with Crippen LogP contribution in [-0.2, 0) is 17.8 Å². The third kappa shape index (κ3) is 3.83. The van der Waals surface area contributed by atoms with Crippen molar-refractivity contribution in [1.29, 1.82) is 0 Å². The van der Waals surface area contributed by atoms with Crippen LogP contribution in [-0.4, -0.2) is 53.0 Å². The molecule has 0 aliphatic carbocycles. The molecule has 0 bridgehead atoms. The SMILES string of the molecule is O=C(NCCN1CCCCCC1)C1Cc2nc[nH]c2CN1. The number of nitrogens with zero attached hydrogens (tertiary/aromatic N) is 2. The highest BCUT2D eigenvalue weighted by molar-refractivity contribution is 5.82. The zero-order chi connectivity index (χ0) is 14.5. The maximum atomic E-state index is 12.2. The van der Waals surface area contributed by atoms with Crippen LogP contribution < -0.4 is 10.6 Å². The molecule has 1 aromatic rings. The van der Waals surface area contributed by atoms with Crippen molar-refractivity contribution in [3.63, 3.8) is 0 Å². The molecular formula is C15H25N5O. The van der Waals surface area contributed by atoms with Crippen molar-refractivity contribution in [3.05, 3.63) is 17.7 Å². The highest BCUT2D eigenvalue weighted by atomic mass is 16.2. The van der Waals surface area contributed by atoms with Gasteiger partial charge in [0.1, 0.15) is 0 Å². The molecule has 2 aliphatic heterocycles. The molecule has 0 radical (unpaired) electrons. The van der Waals surface area contributed by atoms with Crippen molar-refractivity contribution in [2.75, 3.05) is 26.2 Å². The number of likely N-dealkylation sites (tertiary alicyclic amines) is 1.